The highest BCUT2D eigenvalue weighted by Crippen LogP contribution is 2.52. The molecular formula is C12H18ClN3. The van der Waals surface area contributed by atoms with Crippen LogP contribution in [-0.4, -0.2) is 14.8 Å². The second kappa shape index (κ2) is 4.02. The summed E-state index contributed by atoms with van der Waals surface area (Å²) in [4.78, 5) is 0. The lowest BCUT2D eigenvalue weighted by Gasteiger charge is -2.21. The van der Waals surface area contributed by atoms with Crippen molar-refractivity contribution in [1.29, 1.82) is 0 Å². The molecule has 0 aliphatic heterocycles. The standard InChI is InChI=1S/C12H18ClN3/c1-2-16-11(7-13)14-15-12(16)10-6-8-3-4-9(10)5-8/h8-10H,2-7H2,1H3. The van der Waals surface area contributed by atoms with Crippen LogP contribution in [-0.2, 0) is 12.4 Å². The van der Waals surface area contributed by atoms with Crippen LogP contribution >= 0.6 is 11.6 Å². The number of hydrogen-bond acceptors (Lipinski definition) is 2. The van der Waals surface area contributed by atoms with Gasteiger partial charge in [0.1, 0.15) is 11.6 Å². The molecule has 88 valence electrons. The van der Waals surface area contributed by atoms with Crippen LogP contribution in [0.3, 0.4) is 0 Å². The van der Waals surface area contributed by atoms with Crippen molar-refractivity contribution >= 4 is 11.6 Å². The molecule has 3 nitrogen and oxygen atoms in total. The molecule has 2 saturated carbocycles. The molecule has 4 heteroatoms. The lowest BCUT2D eigenvalue weighted by molar-refractivity contribution is 0.393. The van der Waals surface area contributed by atoms with E-state index >= 15 is 0 Å². The van der Waals surface area contributed by atoms with Crippen LogP contribution in [0, 0.1) is 11.8 Å². The number of nitrogens with zero attached hydrogens (tertiary/aromatic N) is 3. The first-order chi connectivity index (χ1) is 7.83. The molecule has 0 aromatic carbocycles. The Morgan fingerprint density at radius 1 is 1.31 bits per heavy atom. The summed E-state index contributed by atoms with van der Waals surface area (Å²) >= 11 is 5.89. The van der Waals surface area contributed by atoms with Crippen molar-refractivity contribution in [1.82, 2.24) is 14.8 Å². The van der Waals surface area contributed by atoms with E-state index in [2.05, 4.69) is 21.7 Å². The lowest BCUT2D eigenvalue weighted by atomic mass is 9.88. The van der Waals surface area contributed by atoms with Gasteiger partial charge in [-0.1, -0.05) is 6.42 Å². The summed E-state index contributed by atoms with van der Waals surface area (Å²) in [5.74, 6) is 5.08. The monoisotopic (exact) mass is 239 g/mol. The van der Waals surface area contributed by atoms with Gasteiger partial charge < -0.3 is 4.57 Å². The molecule has 0 N–H and O–H groups in total. The van der Waals surface area contributed by atoms with E-state index in [1.165, 1.54) is 31.5 Å². The van der Waals surface area contributed by atoms with Gasteiger partial charge in [0.15, 0.2) is 0 Å². The van der Waals surface area contributed by atoms with Crippen LogP contribution < -0.4 is 0 Å². The zero-order valence-corrected chi connectivity index (χ0v) is 10.5. The molecule has 0 spiro atoms. The highest BCUT2D eigenvalue weighted by atomic mass is 35.5. The van der Waals surface area contributed by atoms with Crippen LogP contribution in [0.5, 0.6) is 0 Å². The topological polar surface area (TPSA) is 30.7 Å². The van der Waals surface area contributed by atoms with Gasteiger partial charge in [0.05, 0.1) is 5.88 Å². The molecule has 3 unspecified atom stereocenters. The van der Waals surface area contributed by atoms with Crippen LogP contribution in [0.1, 0.15) is 50.2 Å². The molecular weight excluding hydrogens is 222 g/mol. The van der Waals surface area contributed by atoms with E-state index in [9.17, 15) is 0 Å². The van der Waals surface area contributed by atoms with Crippen molar-refractivity contribution in [3.63, 3.8) is 0 Å². The van der Waals surface area contributed by atoms with E-state index in [1.54, 1.807) is 0 Å². The summed E-state index contributed by atoms with van der Waals surface area (Å²) in [5, 5.41) is 8.60. The third-order valence-corrected chi connectivity index (χ3v) is 4.60. The average molecular weight is 240 g/mol. The molecule has 0 saturated heterocycles. The molecule has 0 radical (unpaired) electrons. The minimum Gasteiger partial charge on any atom is -0.314 e. The lowest BCUT2D eigenvalue weighted by Crippen LogP contribution is -2.15. The van der Waals surface area contributed by atoms with Gasteiger partial charge in [-0.25, -0.2) is 0 Å². The molecule has 0 amide bonds. The van der Waals surface area contributed by atoms with E-state index in [0.717, 1.165) is 24.2 Å². The highest BCUT2D eigenvalue weighted by Gasteiger charge is 2.42. The zero-order valence-electron chi connectivity index (χ0n) is 9.69. The fourth-order valence-electron chi connectivity index (χ4n) is 3.63. The van der Waals surface area contributed by atoms with Crippen LogP contribution in [0.2, 0.25) is 0 Å². The minimum atomic E-state index is 0.474. The SMILES string of the molecule is CCn1c(CCl)nnc1C1CC2CCC1C2. The van der Waals surface area contributed by atoms with Gasteiger partial charge in [0, 0.05) is 12.5 Å². The maximum absolute atomic E-state index is 5.89. The molecule has 1 aromatic rings. The van der Waals surface area contributed by atoms with Gasteiger partial charge >= 0.3 is 0 Å². The Hall–Kier alpha value is -0.570. The van der Waals surface area contributed by atoms with E-state index in [1.807, 2.05) is 0 Å². The number of alkyl halides is 1. The predicted molar refractivity (Wildman–Crippen MR) is 63.4 cm³/mol. The molecule has 2 aliphatic carbocycles. The zero-order chi connectivity index (χ0) is 11.1. The Bertz CT molecular complexity index is 388. The van der Waals surface area contributed by atoms with E-state index in [-0.39, 0.29) is 0 Å². The normalized spacial score (nSPS) is 32.5. The summed E-state index contributed by atoms with van der Waals surface area (Å²) in [7, 11) is 0. The van der Waals surface area contributed by atoms with Crippen molar-refractivity contribution in [2.24, 2.45) is 11.8 Å². The number of halogens is 1. The molecule has 1 aromatic heterocycles. The van der Waals surface area contributed by atoms with Gasteiger partial charge in [-0.2, -0.15) is 0 Å². The molecule has 3 atom stereocenters. The first kappa shape index (κ1) is 10.6. The van der Waals surface area contributed by atoms with Gasteiger partial charge in [-0.3, -0.25) is 0 Å². The first-order valence-electron chi connectivity index (χ1n) is 6.31. The van der Waals surface area contributed by atoms with Crippen LogP contribution in [0.25, 0.3) is 0 Å². The van der Waals surface area contributed by atoms with E-state index < -0.39 is 0 Å². The Kier molecular flexibility index (Phi) is 2.66. The summed E-state index contributed by atoms with van der Waals surface area (Å²) in [5.41, 5.74) is 0. The summed E-state index contributed by atoms with van der Waals surface area (Å²) in [6.45, 7) is 3.09. The van der Waals surface area contributed by atoms with Gasteiger partial charge in [-0.15, -0.1) is 21.8 Å². The summed E-state index contributed by atoms with van der Waals surface area (Å²) in [6, 6.07) is 0. The van der Waals surface area contributed by atoms with Crippen molar-refractivity contribution < 1.29 is 0 Å². The molecule has 2 aliphatic rings. The largest absolute Gasteiger partial charge is 0.314 e. The molecule has 2 fully saturated rings. The smallest absolute Gasteiger partial charge is 0.147 e. The van der Waals surface area contributed by atoms with Crippen molar-refractivity contribution in [3.05, 3.63) is 11.6 Å². The average Bonchev–Trinajstić information content (AvgIpc) is 3.01. The number of rotatable bonds is 3. The van der Waals surface area contributed by atoms with Crippen LogP contribution in [0.4, 0.5) is 0 Å². The molecule has 2 bridgehead atoms. The molecule has 1 heterocycles. The summed E-state index contributed by atoms with van der Waals surface area (Å²) < 4.78 is 2.22. The third kappa shape index (κ3) is 1.48. The minimum absolute atomic E-state index is 0.474. The number of aromatic nitrogens is 3. The van der Waals surface area contributed by atoms with Crippen molar-refractivity contribution in [2.45, 2.75) is 50.9 Å². The highest BCUT2D eigenvalue weighted by molar-refractivity contribution is 6.16. The Morgan fingerprint density at radius 2 is 2.19 bits per heavy atom. The van der Waals surface area contributed by atoms with Gasteiger partial charge in [-0.05, 0) is 38.0 Å². The van der Waals surface area contributed by atoms with Gasteiger partial charge in [0.25, 0.3) is 0 Å². The maximum Gasteiger partial charge on any atom is 0.147 e. The van der Waals surface area contributed by atoms with E-state index in [4.69, 9.17) is 11.6 Å². The first-order valence-corrected chi connectivity index (χ1v) is 6.84. The molecule has 16 heavy (non-hydrogen) atoms. The Morgan fingerprint density at radius 3 is 2.75 bits per heavy atom. The number of fused-ring (bicyclic) bond motifs is 2. The Labute approximate surface area is 101 Å². The second-order valence-electron chi connectivity index (χ2n) is 5.13. The van der Waals surface area contributed by atoms with Crippen molar-refractivity contribution in [3.8, 4) is 0 Å². The molecule has 3 rings (SSSR count). The van der Waals surface area contributed by atoms with Gasteiger partial charge in [0.2, 0.25) is 0 Å². The fourth-order valence-corrected chi connectivity index (χ4v) is 3.83. The number of hydrogen-bond donors (Lipinski definition) is 0. The quantitative estimate of drug-likeness (QED) is 0.760. The summed E-state index contributed by atoms with van der Waals surface area (Å²) in [6.07, 6.45) is 5.56. The second-order valence-corrected chi connectivity index (χ2v) is 5.40. The van der Waals surface area contributed by atoms with Crippen molar-refractivity contribution in [2.75, 3.05) is 0 Å². The third-order valence-electron chi connectivity index (χ3n) is 4.36. The Balaban J connectivity index is 1.91. The maximum atomic E-state index is 5.89. The van der Waals surface area contributed by atoms with Crippen LogP contribution in [0.15, 0.2) is 0 Å². The van der Waals surface area contributed by atoms with E-state index in [0.29, 0.717) is 11.8 Å². The predicted octanol–water partition coefficient (Wildman–Crippen LogP) is 2.94. The fraction of sp³-hybridized carbons (Fsp3) is 0.833.